The molecule has 0 N–H and O–H groups in total. The summed E-state index contributed by atoms with van der Waals surface area (Å²) >= 11 is 1.64. The molecule has 22 heavy (non-hydrogen) atoms. The van der Waals surface area contributed by atoms with Gasteiger partial charge in [-0.1, -0.05) is 30.7 Å². The summed E-state index contributed by atoms with van der Waals surface area (Å²) in [5.74, 6) is 0. The summed E-state index contributed by atoms with van der Waals surface area (Å²) in [6, 6.07) is 12.2. The molecule has 0 aliphatic carbocycles. The average Bonchev–Trinajstić information content (AvgIpc) is 3.21. The normalized spacial score (nSPS) is 25.1. The van der Waals surface area contributed by atoms with Gasteiger partial charge in [-0.3, -0.25) is 9.69 Å². The van der Waals surface area contributed by atoms with Crippen molar-refractivity contribution in [3.8, 4) is 10.4 Å². The van der Waals surface area contributed by atoms with E-state index in [2.05, 4.69) is 29.2 Å². The minimum absolute atomic E-state index is 0.605. The molecule has 0 unspecified atom stereocenters. The summed E-state index contributed by atoms with van der Waals surface area (Å²) in [6.45, 7) is 1.26. The minimum atomic E-state index is 0.605. The Morgan fingerprint density at radius 1 is 1.05 bits per heavy atom. The van der Waals surface area contributed by atoms with Crippen molar-refractivity contribution in [2.75, 3.05) is 6.54 Å². The molecule has 2 aliphatic rings. The van der Waals surface area contributed by atoms with Gasteiger partial charge in [0.1, 0.15) is 0 Å². The van der Waals surface area contributed by atoms with Crippen LogP contribution in [0.1, 0.15) is 54.1 Å². The van der Waals surface area contributed by atoms with Crippen molar-refractivity contribution in [3.05, 3.63) is 46.8 Å². The van der Waals surface area contributed by atoms with Crippen LogP contribution in [0.5, 0.6) is 0 Å². The molecule has 1 aromatic carbocycles. The summed E-state index contributed by atoms with van der Waals surface area (Å²) in [5.41, 5.74) is 3.40. The van der Waals surface area contributed by atoms with Crippen LogP contribution < -0.4 is 0 Å². The molecule has 2 saturated heterocycles. The molecule has 0 spiro atoms. The Morgan fingerprint density at radius 2 is 1.91 bits per heavy atom. The number of nitrogens with zero attached hydrogens (tertiary/aromatic N) is 1. The highest BCUT2D eigenvalue weighted by Gasteiger charge is 2.35. The van der Waals surface area contributed by atoms with E-state index >= 15 is 0 Å². The number of fused-ring (bicyclic) bond motifs is 1. The van der Waals surface area contributed by atoms with E-state index in [1.807, 2.05) is 11.4 Å². The first kappa shape index (κ1) is 14.2. The monoisotopic (exact) mass is 311 g/mol. The molecule has 0 radical (unpaired) electrons. The zero-order chi connectivity index (χ0) is 14.9. The zero-order valence-corrected chi connectivity index (χ0v) is 13.5. The fraction of sp³-hybridized carbons (Fsp3) is 0.421. The van der Waals surface area contributed by atoms with E-state index in [1.54, 1.807) is 11.3 Å². The summed E-state index contributed by atoms with van der Waals surface area (Å²) in [6.07, 6.45) is 7.74. The third kappa shape index (κ3) is 2.42. The summed E-state index contributed by atoms with van der Waals surface area (Å²) in [4.78, 5) is 14.9. The van der Waals surface area contributed by atoms with Gasteiger partial charge in [0.05, 0.1) is 0 Å². The van der Waals surface area contributed by atoms with Gasteiger partial charge in [-0.25, -0.2) is 0 Å². The van der Waals surface area contributed by atoms with Gasteiger partial charge in [-0.05, 0) is 54.8 Å². The lowest BCUT2D eigenvalue weighted by atomic mass is 10.0. The third-order valence-corrected chi connectivity index (χ3v) is 6.21. The number of carbonyl (C=O) groups excluding carboxylic acids is 1. The van der Waals surface area contributed by atoms with E-state index in [9.17, 15) is 4.79 Å². The zero-order valence-electron chi connectivity index (χ0n) is 12.7. The van der Waals surface area contributed by atoms with E-state index < -0.39 is 0 Å². The van der Waals surface area contributed by atoms with Gasteiger partial charge in [0.25, 0.3) is 0 Å². The highest BCUT2D eigenvalue weighted by molar-refractivity contribution is 7.14. The summed E-state index contributed by atoms with van der Waals surface area (Å²) < 4.78 is 0. The molecule has 2 aliphatic heterocycles. The highest BCUT2D eigenvalue weighted by Crippen LogP contribution is 2.41. The van der Waals surface area contributed by atoms with E-state index in [0.29, 0.717) is 6.04 Å². The van der Waals surface area contributed by atoms with Crippen molar-refractivity contribution >= 4 is 17.6 Å². The van der Waals surface area contributed by atoms with Crippen LogP contribution in [0.4, 0.5) is 0 Å². The van der Waals surface area contributed by atoms with Gasteiger partial charge in [-0.2, -0.15) is 0 Å². The van der Waals surface area contributed by atoms with Crippen LogP contribution in [-0.4, -0.2) is 23.8 Å². The lowest BCUT2D eigenvalue weighted by Gasteiger charge is -2.34. The molecule has 2 fully saturated rings. The molecule has 114 valence electrons. The minimum Gasteiger partial charge on any atom is -0.298 e. The molecular formula is C19H21NOS. The van der Waals surface area contributed by atoms with E-state index in [1.165, 1.54) is 44.2 Å². The van der Waals surface area contributed by atoms with E-state index in [4.69, 9.17) is 0 Å². The van der Waals surface area contributed by atoms with Crippen LogP contribution >= 0.6 is 11.3 Å². The smallest absolute Gasteiger partial charge is 0.151 e. The number of benzene rings is 1. The van der Waals surface area contributed by atoms with Crippen molar-refractivity contribution < 1.29 is 4.79 Å². The molecule has 1 aromatic heterocycles. The van der Waals surface area contributed by atoms with Gasteiger partial charge in [-0.15, -0.1) is 11.3 Å². The predicted molar refractivity (Wildman–Crippen MR) is 91.5 cm³/mol. The number of rotatable bonds is 3. The molecule has 3 heterocycles. The Balaban J connectivity index is 1.58. The Hall–Kier alpha value is -1.45. The lowest BCUT2D eigenvalue weighted by Crippen LogP contribution is -2.35. The van der Waals surface area contributed by atoms with Crippen molar-refractivity contribution in [2.45, 2.75) is 44.2 Å². The number of thiophene rings is 1. The third-order valence-electron chi connectivity index (χ3n) is 5.23. The molecule has 0 amide bonds. The number of carbonyl (C=O) groups is 1. The molecule has 2 nitrogen and oxygen atoms in total. The quantitative estimate of drug-likeness (QED) is 0.750. The maximum Gasteiger partial charge on any atom is 0.151 e. The van der Waals surface area contributed by atoms with Crippen LogP contribution in [-0.2, 0) is 0 Å². The molecule has 3 heteroatoms. The number of aldehydes is 1. The molecule has 0 bridgehead atoms. The first-order valence-electron chi connectivity index (χ1n) is 8.25. The largest absolute Gasteiger partial charge is 0.298 e. The van der Waals surface area contributed by atoms with Gasteiger partial charge in [0, 0.05) is 22.5 Å². The fourth-order valence-electron chi connectivity index (χ4n) is 4.12. The van der Waals surface area contributed by atoms with Crippen LogP contribution in [0.3, 0.4) is 0 Å². The molecule has 0 saturated carbocycles. The van der Waals surface area contributed by atoms with Crippen LogP contribution in [0.15, 0.2) is 35.7 Å². The molecule has 2 atom stereocenters. The summed E-state index contributed by atoms with van der Waals surface area (Å²) in [5, 5.41) is 1.99. The Labute approximate surface area is 135 Å². The maximum absolute atomic E-state index is 11.1. The Kier molecular flexibility index (Phi) is 3.85. The van der Waals surface area contributed by atoms with Crippen molar-refractivity contribution in [1.82, 2.24) is 4.90 Å². The molecule has 2 aromatic rings. The number of hydrogen-bond acceptors (Lipinski definition) is 3. The first-order valence-corrected chi connectivity index (χ1v) is 9.13. The van der Waals surface area contributed by atoms with Gasteiger partial charge >= 0.3 is 0 Å². The van der Waals surface area contributed by atoms with Gasteiger partial charge in [0.15, 0.2) is 6.29 Å². The Morgan fingerprint density at radius 3 is 2.73 bits per heavy atom. The number of piperidine rings is 1. The molecular weight excluding hydrogens is 290 g/mol. The summed E-state index contributed by atoms with van der Waals surface area (Å²) in [7, 11) is 0. The van der Waals surface area contributed by atoms with Crippen molar-refractivity contribution in [2.24, 2.45) is 0 Å². The topological polar surface area (TPSA) is 20.3 Å². The maximum atomic E-state index is 11.1. The average molecular weight is 311 g/mol. The van der Waals surface area contributed by atoms with E-state index in [-0.39, 0.29) is 0 Å². The van der Waals surface area contributed by atoms with Crippen LogP contribution in [0.2, 0.25) is 0 Å². The van der Waals surface area contributed by atoms with Crippen molar-refractivity contribution in [1.29, 1.82) is 0 Å². The van der Waals surface area contributed by atoms with Crippen LogP contribution in [0, 0.1) is 0 Å². The molecule has 4 rings (SSSR count). The van der Waals surface area contributed by atoms with E-state index in [0.717, 1.165) is 28.3 Å². The fourth-order valence-corrected chi connectivity index (χ4v) is 5.00. The second kappa shape index (κ2) is 5.98. The lowest BCUT2D eigenvalue weighted by molar-refractivity contribution is 0.112. The second-order valence-corrected chi connectivity index (χ2v) is 7.34. The standard InChI is InChI=1S/C19H21NOS/c21-13-16-10-12-22-19(16)15-6-4-14(5-7-15)18-9-8-17-3-1-2-11-20(17)18/h4-7,10,12-13,17-18H,1-3,8-9,11H2/t17-,18-/m1/s1. The van der Waals surface area contributed by atoms with Crippen LogP contribution in [0.25, 0.3) is 10.4 Å². The van der Waals surface area contributed by atoms with Crippen molar-refractivity contribution in [3.63, 3.8) is 0 Å². The SMILES string of the molecule is O=Cc1ccsc1-c1ccc([C@H]2CC[C@H]3CCCCN32)cc1. The Bertz CT molecular complexity index is 660. The van der Waals surface area contributed by atoms with Gasteiger partial charge in [0.2, 0.25) is 0 Å². The predicted octanol–water partition coefficient (Wildman–Crippen LogP) is 4.92. The number of hydrogen-bond donors (Lipinski definition) is 0. The highest BCUT2D eigenvalue weighted by atomic mass is 32.1. The second-order valence-electron chi connectivity index (χ2n) is 6.43. The first-order chi connectivity index (χ1) is 10.9. The van der Waals surface area contributed by atoms with Gasteiger partial charge < -0.3 is 0 Å².